The molecule has 1 aliphatic heterocycles. The number of aliphatic carboxylic acids is 1. The molecule has 1 aliphatic rings. The lowest BCUT2D eigenvalue weighted by atomic mass is 10.0. The number of aryl methyl sites for hydroxylation is 1. The molecule has 3 heterocycles. The summed E-state index contributed by atoms with van der Waals surface area (Å²) >= 11 is 0. The second-order valence-corrected chi connectivity index (χ2v) is 5.78. The van der Waals surface area contributed by atoms with Gasteiger partial charge in [0, 0.05) is 12.6 Å². The van der Waals surface area contributed by atoms with Crippen LogP contribution in [0.3, 0.4) is 0 Å². The third-order valence-corrected chi connectivity index (χ3v) is 4.42. The van der Waals surface area contributed by atoms with Gasteiger partial charge in [0.1, 0.15) is 5.69 Å². The predicted molar refractivity (Wildman–Crippen MR) is 82.9 cm³/mol. The number of hydrogen-bond acceptors (Lipinski definition) is 4. The van der Waals surface area contributed by atoms with Crippen molar-refractivity contribution in [2.45, 2.75) is 26.3 Å². The maximum atomic E-state index is 12.7. The lowest BCUT2D eigenvalue weighted by Crippen LogP contribution is -2.38. The molecule has 2 aromatic heterocycles. The highest BCUT2D eigenvalue weighted by molar-refractivity contribution is 5.96. The van der Waals surface area contributed by atoms with Gasteiger partial charge in [-0.1, -0.05) is 0 Å². The third kappa shape index (κ3) is 2.72. The number of carboxylic acid groups (broad SMARTS) is 1. The van der Waals surface area contributed by atoms with E-state index >= 15 is 0 Å². The normalized spacial score (nSPS) is 20.7. The minimum Gasteiger partial charge on any atom is -0.481 e. The number of furan rings is 1. The highest BCUT2D eigenvalue weighted by Crippen LogP contribution is 2.27. The number of carbonyl (C=O) groups excluding carboxylic acids is 1. The second-order valence-electron chi connectivity index (χ2n) is 5.78. The van der Waals surface area contributed by atoms with E-state index in [4.69, 9.17) is 4.42 Å². The van der Waals surface area contributed by atoms with Crippen LogP contribution in [0.2, 0.25) is 0 Å². The molecule has 0 bridgehead atoms. The molecule has 3 rings (SSSR count). The van der Waals surface area contributed by atoms with Gasteiger partial charge in [-0.3, -0.25) is 9.59 Å². The summed E-state index contributed by atoms with van der Waals surface area (Å²) in [4.78, 5) is 30.0. The second kappa shape index (κ2) is 5.87. The van der Waals surface area contributed by atoms with Crippen LogP contribution in [-0.4, -0.2) is 39.5 Å². The first-order valence-corrected chi connectivity index (χ1v) is 7.54. The average molecular weight is 314 g/mol. The number of rotatable bonds is 3. The van der Waals surface area contributed by atoms with E-state index in [0.717, 1.165) is 0 Å². The van der Waals surface area contributed by atoms with Gasteiger partial charge in [-0.25, -0.2) is 4.98 Å². The van der Waals surface area contributed by atoms with Crippen LogP contribution in [0.25, 0.3) is 11.5 Å². The number of pyridine rings is 1. The number of amides is 1. The summed E-state index contributed by atoms with van der Waals surface area (Å²) in [6.45, 7) is 4.01. The maximum absolute atomic E-state index is 12.7. The highest BCUT2D eigenvalue weighted by atomic mass is 16.4. The van der Waals surface area contributed by atoms with Gasteiger partial charge < -0.3 is 14.4 Å². The quantitative estimate of drug-likeness (QED) is 0.941. The molecule has 2 aromatic rings. The number of carboxylic acids is 1. The number of likely N-dealkylation sites (tertiary alicyclic amines) is 1. The van der Waals surface area contributed by atoms with Crippen molar-refractivity contribution in [1.29, 1.82) is 0 Å². The first-order chi connectivity index (χ1) is 11.0. The van der Waals surface area contributed by atoms with E-state index in [-0.39, 0.29) is 11.9 Å². The van der Waals surface area contributed by atoms with Gasteiger partial charge in [0.05, 0.1) is 23.4 Å². The Morgan fingerprint density at radius 2 is 2.13 bits per heavy atom. The maximum Gasteiger partial charge on any atom is 0.308 e. The number of hydrogen-bond donors (Lipinski definition) is 1. The van der Waals surface area contributed by atoms with Crippen molar-refractivity contribution < 1.29 is 19.1 Å². The monoisotopic (exact) mass is 314 g/mol. The summed E-state index contributed by atoms with van der Waals surface area (Å²) in [5, 5.41) is 9.19. The summed E-state index contributed by atoms with van der Waals surface area (Å²) in [5.41, 5.74) is 1.77. The molecule has 6 nitrogen and oxygen atoms in total. The van der Waals surface area contributed by atoms with E-state index < -0.39 is 11.9 Å². The van der Waals surface area contributed by atoms with Crippen LogP contribution in [0.5, 0.6) is 0 Å². The van der Waals surface area contributed by atoms with Crippen molar-refractivity contribution in [3.05, 3.63) is 41.8 Å². The van der Waals surface area contributed by atoms with E-state index in [1.807, 2.05) is 6.07 Å². The zero-order valence-electron chi connectivity index (χ0n) is 13.0. The number of nitrogens with zero attached hydrogens (tertiary/aromatic N) is 2. The summed E-state index contributed by atoms with van der Waals surface area (Å²) in [7, 11) is 0. The zero-order chi connectivity index (χ0) is 16.6. The van der Waals surface area contributed by atoms with Crippen molar-refractivity contribution in [3.8, 4) is 11.5 Å². The SMILES string of the molecule is Cc1nc(-c2ccco2)ccc1C(=O)N1CCC(C(=O)O)C1C. The van der Waals surface area contributed by atoms with Crippen LogP contribution in [0.4, 0.5) is 0 Å². The first-order valence-electron chi connectivity index (χ1n) is 7.54. The Labute approximate surface area is 133 Å². The van der Waals surface area contributed by atoms with E-state index in [1.54, 1.807) is 43.2 Å². The molecular weight excluding hydrogens is 296 g/mol. The largest absolute Gasteiger partial charge is 0.481 e. The molecule has 120 valence electrons. The minimum atomic E-state index is -0.851. The molecule has 2 atom stereocenters. The van der Waals surface area contributed by atoms with Crippen molar-refractivity contribution in [2.75, 3.05) is 6.54 Å². The Morgan fingerprint density at radius 3 is 2.70 bits per heavy atom. The molecular formula is C17H18N2O4. The van der Waals surface area contributed by atoms with Crippen LogP contribution < -0.4 is 0 Å². The molecule has 6 heteroatoms. The fourth-order valence-electron chi connectivity index (χ4n) is 3.06. The standard InChI is InChI=1S/C17H18N2O4/c1-10-12(5-6-14(18-10)15-4-3-9-23-15)16(20)19-8-7-13(11(19)2)17(21)22/h3-6,9,11,13H,7-8H2,1-2H3,(H,21,22). The number of carbonyl (C=O) groups is 2. The van der Waals surface area contributed by atoms with Crippen molar-refractivity contribution >= 4 is 11.9 Å². The molecule has 0 aromatic carbocycles. The molecule has 1 N–H and O–H groups in total. The fourth-order valence-corrected chi connectivity index (χ4v) is 3.06. The van der Waals surface area contributed by atoms with Gasteiger partial charge in [0.15, 0.2) is 5.76 Å². The van der Waals surface area contributed by atoms with Gasteiger partial charge in [0.25, 0.3) is 5.91 Å². The Morgan fingerprint density at radius 1 is 1.35 bits per heavy atom. The smallest absolute Gasteiger partial charge is 0.308 e. The van der Waals surface area contributed by atoms with Crippen LogP contribution >= 0.6 is 0 Å². The molecule has 0 aliphatic carbocycles. The van der Waals surface area contributed by atoms with E-state index in [9.17, 15) is 14.7 Å². The summed E-state index contributed by atoms with van der Waals surface area (Å²) in [5.74, 6) is -0.879. The van der Waals surface area contributed by atoms with Crippen molar-refractivity contribution in [3.63, 3.8) is 0 Å². The van der Waals surface area contributed by atoms with Crippen molar-refractivity contribution in [2.24, 2.45) is 5.92 Å². The Balaban J connectivity index is 1.85. The summed E-state index contributed by atoms with van der Waals surface area (Å²) < 4.78 is 5.31. The fraction of sp³-hybridized carbons (Fsp3) is 0.353. The van der Waals surface area contributed by atoms with Crippen LogP contribution in [0.1, 0.15) is 29.4 Å². The lowest BCUT2D eigenvalue weighted by molar-refractivity contribution is -0.142. The highest BCUT2D eigenvalue weighted by Gasteiger charge is 2.38. The van der Waals surface area contributed by atoms with Gasteiger partial charge in [-0.15, -0.1) is 0 Å². The van der Waals surface area contributed by atoms with Gasteiger partial charge >= 0.3 is 5.97 Å². The van der Waals surface area contributed by atoms with Gasteiger partial charge in [0.2, 0.25) is 0 Å². The molecule has 0 radical (unpaired) electrons. The van der Waals surface area contributed by atoms with E-state index in [0.29, 0.717) is 35.7 Å². The topological polar surface area (TPSA) is 83.6 Å². The number of aromatic nitrogens is 1. The Kier molecular flexibility index (Phi) is 3.90. The van der Waals surface area contributed by atoms with Crippen LogP contribution in [0.15, 0.2) is 34.9 Å². The molecule has 23 heavy (non-hydrogen) atoms. The molecule has 0 spiro atoms. The lowest BCUT2D eigenvalue weighted by Gasteiger charge is -2.24. The zero-order valence-corrected chi connectivity index (χ0v) is 13.0. The van der Waals surface area contributed by atoms with Gasteiger partial charge in [-0.05, 0) is 44.5 Å². The Bertz CT molecular complexity index is 739. The van der Waals surface area contributed by atoms with Crippen LogP contribution in [0, 0.1) is 12.8 Å². The predicted octanol–water partition coefficient (Wildman–Crippen LogP) is 2.59. The molecule has 1 saturated heterocycles. The molecule has 1 amide bonds. The first kappa shape index (κ1) is 15.3. The summed E-state index contributed by atoms with van der Waals surface area (Å²) in [6, 6.07) is 6.74. The molecule has 0 saturated carbocycles. The van der Waals surface area contributed by atoms with Crippen LogP contribution in [-0.2, 0) is 4.79 Å². The molecule has 1 fully saturated rings. The molecule has 2 unspecified atom stereocenters. The summed E-state index contributed by atoms with van der Waals surface area (Å²) in [6.07, 6.45) is 2.06. The third-order valence-electron chi connectivity index (χ3n) is 4.42. The van der Waals surface area contributed by atoms with Crippen molar-refractivity contribution in [1.82, 2.24) is 9.88 Å². The minimum absolute atomic E-state index is 0.169. The van der Waals surface area contributed by atoms with E-state index in [2.05, 4.69) is 4.98 Å². The van der Waals surface area contributed by atoms with E-state index in [1.165, 1.54) is 0 Å². The Hall–Kier alpha value is -2.63. The van der Waals surface area contributed by atoms with Gasteiger partial charge in [-0.2, -0.15) is 0 Å². The average Bonchev–Trinajstić information content (AvgIpc) is 3.15.